The van der Waals surface area contributed by atoms with Crippen LogP contribution in [0.25, 0.3) is 27.8 Å². The number of fused-ring (bicyclic) bond motifs is 3. The van der Waals surface area contributed by atoms with Crippen molar-refractivity contribution in [1.82, 2.24) is 9.38 Å². The van der Waals surface area contributed by atoms with Crippen LogP contribution < -0.4 is 0 Å². The molecule has 5 heteroatoms. The van der Waals surface area contributed by atoms with Crippen LogP contribution in [0.2, 0.25) is 0 Å². The minimum atomic E-state index is -2.78. The molecule has 0 aliphatic carbocycles. The Labute approximate surface area is 159 Å². The fourth-order valence-corrected chi connectivity index (χ4v) is 4.01. The van der Waals surface area contributed by atoms with E-state index in [1.807, 2.05) is 18.3 Å². The maximum Gasteiger partial charge on any atom is 0.0950 e. The molecule has 138 valence electrons. The second-order valence-electron chi connectivity index (χ2n) is 8.05. The third-order valence-corrected chi connectivity index (χ3v) is 6.06. The third-order valence-electron chi connectivity index (χ3n) is 4.90. The molecule has 0 saturated heterocycles. The molecular formula is C22H23N3OS. The molecule has 0 saturated carbocycles. The molecule has 0 fully saturated rings. The van der Waals surface area contributed by atoms with Gasteiger partial charge in [-0.3, -0.25) is 0 Å². The van der Waals surface area contributed by atoms with Crippen LogP contribution in [-0.2, 0) is 15.1 Å². The summed E-state index contributed by atoms with van der Waals surface area (Å²) in [5, 5.41) is 0. The molecule has 0 unspecified atom stereocenters. The first-order valence-corrected chi connectivity index (χ1v) is 10.9. The quantitative estimate of drug-likeness (QED) is 0.502. The Kier molecular flexibility index (Phi) is 3.89. The van der Waals surface area contributed by atoms with E-state index < -0.39 is 9.73 Å². The van der Waals surface area contributed by atoms with Gasteiger partial charge in [0.2, 0.25) is 0 Å². The fourth-order valence-electron chi connectivity index (χ4n) is 3.34. The van der Waals surface area contributed by atoms with Gasteiger partial charge in [0, 0.05) is 22.9 Å². The Morgan fingerprint density at radius 1 is 1.00 bits per heavy atom. The zero-order valence-electron chi connectivity index (χ0n) is 16.0. The van der Waals surface area contributed by atoms with Crippen molar-refractivity contribution in [3.8, 4) is 11.3 Å². The first kappa shape index (κ1) is 17.7. The average Bonchev–Trinajstić information content (AvgIpc) is 3.09. The lowest BCUT2D eigenvalue weighted by molar-refractivity contribution is 0.590. The predicted octanol–water partition coefficient (Wildman–Crippen LogP) is 5.49. The van der Waals surface area contributed by atoms with E-state index in [0.29, 0.717) is 4.90 Å². The van der Waals surface area contributed by atoms with Gasteiger partial charge in [0.05, 0.1) is 32.0 Å². The lowest BCUT2D eigenvalue weighted by Gasteiger charge is -2.19. The van der Waals surface area contributed by atoms with Gasteiger partial charge in [0.25, 0.3) is 0 Å². The Bertz CT molecular complexity index is 1260. The highest BCUT2D eigenvalue weighted by Gasteiger charge is 2.15. The maximum atomic E-state index is 12.2. The molecule has 2 aromatic heterocycles. The molecule has 2 heterocycles. The summed E-state index contributed by atoms with van der Waals surface area (Å²) in [4.78, 5) is 5.38. The summed E-state index contributed by atoms with van der Waals surface area (Å²) in [6, 6.07) is 18.0. The lowest BCUT2D eigenvalue weighted by atomic mass is 9.86. The van der Waals surface area contributed by atoms with Crippen LogP contribution in [0.3, 0.4) is 0 Å². The van der Waals surface area contributed by atoms with E-state index in [9.17, 15) is 4.21 Å². The van der Waals surface area contributed by atoms with Crippen LogP contribution in [0, 0.1) is 4.78 Å². The average molecular weight is 378 g/mol. The minimum Gasteiger partial charge on any atom is -0.313 e. The zero-order valence-corrected chi connectivity index (χ0v) is 16.8. The molecule has 27 heavy (non-hydrogen) atoms. The minimum absolute atomic E-state index is 0.101. The Balaban J connectivity index is 1.97. The number of hydrogen-bond donors (Lipinski definition) is 1. The van der Waals surface area contributed by atoms with Crippen molar-refractivity contribution in [2.45, 2.75) is 31.1 Å². The highest BCUT2D eigenvalue weighted by Crippen LogP contribution is 2.30. The van der Waals surface area contributed by atoms with Crippen molar-refractivity contribution in [3.63, 3.8) is 0 Å². The smallest absolute Gasteiger partial charge is 0.0950 e. The molecule has 1 N–H and O–H groups in total. The van der Waals surface area contributed by atoms with Crippen molar-refractivity contribution in [1.29, 1.82) is 4.78 Å². The van der Waals surface area contributed by atoms with E-state index in [-0.39, 0.29) is 5.41 Å². The van der Waals surface area contributed by atoms with Gasteiger partial charge in [-0.15, -0.1) is 0 Å². The topological polar surface area (TPSA) is 58.2 Å². The number of nitrogens with zero attached hydrogens (tertiary/aromatic N) is 2. The van der Waals surface area contributed by atoms with Gasteiger partial charge in [-0.1, -0.05) is 45.0 Å². The van der Waals surface area contributed by atoms with Crippen LogP contribution in [0.15, 0.2) is 65.7 Å². The van der Waals surface area contributed by atoms with Crippen LogP contribution in [-0.4, -0.2) is 19.8 Å². The van der Waals surface area contributed by atoms with Gasteiger partial charge in [-0.25, -0.2) is 14.0 Å². The number of rotatable bonds is 2. The van der Waals surface area contributed by atoms with Crippen molar-refractivity contribution in [2.24, 2.45) is 0 Å². The first-order valence-electron chi connectivity index (χ1n) is 8.90. The van der Waals surface area contributed by atoms with E-state index in [2.05, 4.69) is 55.5 Å². The molecule has 1 atom stereocenters. The molecule has 4 rings (SSSR count). The largest absolute Gasteiger partial charge is 0.313 e. The van der Waals surface area contributed by atoms with Crippen LogP contribution in [0.1, 0.15) is 26.3 Å². The standard InChI is InChI=1S/C22H23N3OS/c1-22(2,3)16-9-7-15(8-10-16)21-20-6-5-13-25(20)19-12-11-17(27(4,23)26)14-18(19)24-21/h5-14,23H,1-4H3/t27-/m1/s1. The van der Waals surface area contributed by atoms with Gasteiger partial charge in [0.1, 0.15) is 0 Å². The second kappa shape index (κ2) is 5.92. The number of hydrogen-bond acceptors (Lipinski definition) is 3. The van der Waals surface area contributed by atoms with Gasteiger partial charge >= 0.3 is 0 Å². The van der Waals surface area contributed by atoms with Gasteiger partial charge in [-0.2, -0.15) is 0 Å². The number of aromatic nitrogens is 2. The molecule has 0 aliphatic rings. The molecule has 4 nitrogen and oxygen atoms in total. The Hall–Kier alpha value is -2.66. The van der Waals surface area contributed by atoms with Crippen molar-refractivity contribution < 1.29 is 4.21 Å². The molecule has 4 aromatic rings. The molecule has 0 radical (unpaired) electrons. The summed E-state index contributed by atoms with van der Waals surface area (Å²) in [6.45, 7) is 6.60. The third kappa shape index (κ3) is 3.12. The van der Waals surface area contributed by atoms with E-state index in [4.69, 9.17) is 9.76 Å². The van der Waals surface area contributed by atoms with Crippen LogP contribution in [0.4, 0.5) is 0 Å². The molecule has 0 amide bonds. The summed E-state index contributed by atoms with van der Waals surface area (Å²) in [7, 11) is -2.78. The van der Waals surface area contributed by atoms with Crippen molar-refractivity contribution in [2.75, 3.05) is 6.26 Å². The summed E-state index contributed by atoms with van der Waals surface area (Å²) >= 11 is 0. The first-order chi connectivity index (χ1) is 12.6. The normalized spacial score (nSPS) is 14.5. The van der Waals surface area contributed by atoms with E-state index in [1.54, 1.807) is 12.1 Å². The van der Waals surface area contributed by atoms with Crippen LogP contribution >= 0.6 is 0 Å². The molecule has 0 spiro atoms. The summed E-state index contributed by atoms with van der Waals surface area (Å²) in [5.41, 5.74) is 6.03. The molecular weight excluding hydrogens is 354 g/mol. The molecule has 0 bridgehead atoms. The van der Waals surface area contributed by atoms with E-state index in [0.717, 1.165) is 27.8 Å². The highest BCUT2D eigenvalue weighted by molar-refractivity contribution is 7.91. The Morgan fingerprint density at radius 3 is 2.33 bits per heavy atom. The van der Waals surface area contributed by atoms with Crippen LogP contribution in [0.5, 0.6) is 0 Å². The summed E-state index contributed by atoms with van der Waals surface area (Å²) in [5.74, 6) is 0. The fraction of sp³-hybridized carbons (Fsp3) is 0.227. The van der Waals surface area contributed by atoms with Gasteiger partial charge in [0.15, 0.2) is 0 Å². The molecule has 2 aromatic carbocycles. The van der Waals surface area contributed by atoms with Crippen molar-refractivity contribution >= 4 is 26.3 Å². The van der Waals surface area contributed by atoms with Crippen molar-refractivity contribution in [3.05, 3.63) is 66.4 Å². The SMILES string of the molecule is CC(C)(C)c1ccc(-c2nc3cc([S@](C)(=N)=O)ccc3n3cccc23)cc1. The summed E-state index contributed by atoms with van der Waals surface area (Å²) < 4.78 is 22.1. The zero-order chi connectivity index (χ0) is 19.4. The number of benzene rings is 2. The second-order valence-corrected chi connectivity index (χ2v) is 10.2. The lowest BCUT2D eigenvalue weighted by Crippen LogP contribution is -2.10. The monoisotopic (exact) mass is 377 g/mol. The molecule has 0 aliphatic heterocycles. The van der Waals surface area contributed by atoms with E-state index in [1.165, 1.54) is 11.8 Å². The number of nitrogens with one attached hydrogen (secondary N) is 1. The maximum absolute atomic E-state index is 12.2. The van der Waals surface area contributed by atoms with Gasteiger partial charge in [-0.05, 0) is 41.3 Å². The van der Waals surface area contributed by atoms with Gasteiger partial charge < -0.3 is 4.40 Å². The summed E-state index contributed by atoms with van der Waals surface area (Å²) in [6.07, 6.45) is 3.45. The predicted molar refractivity (Wildman–Crippen MR) is 112 cm³/mol. The Morgan fingerprint density at radius 2 is 1.70 bits per heavy atom. The van der Waals surface area contributed by atoms with E-state index >= 15 is 0 Å². The highest BCUT2D eigenvalue weighted by atomic mass is 32.2.